The molecule has 0 fully saturated rings. The fourth-order valence-corrected chi connectivity index (χ4v) is 2.63. The lowest BCUT2D eigenvalue weighted by Gasteiger charge is -2.21. The predicted octanol–water partition coefficient (Wildman–Crippen LogP) is 3.41. The standard InChI is InChI=1S/C19H22ClNO3/c1-14(22)16-6-4-8-19(10-16)24-13-18(23)12-21(2)11-15-5-3-7-17(20)9-15/h3-10,18,23H,11-13H2,1-2H3. The molecule has 1 unspecified atom stereocenters. The number of ketones is 1. The fraction of sp³-hybridized carbons (Fsp3) is 0.316. The van der Waals surface area contributed by atoms with E-state index in [1.807, 2.05) is 36.2 Å². The number of hydrogen-bond acceptors (Lipinski definition) is 4. The minimum atomic E-state index is -0.629. The van der Waals surface area contributed by atoms with Gasteiger partial charge in [0.1, 0.15) is 18.5 Å². The molecule has 0 heterocycles. The zero-order chi connectivity index (χ0) is 17.5. The molecule has 1 atom stereocenters. The summed E-state index contributed by atoms with van der Waals surface area (Å²) in [6.45, 7) is 2.84. The van der Waals surface area contributed by atoms with Crippen molar-refractivity contribution in [3.63, 3.8) is 0 Å². The van der Waals surface area contributed by atoms with E-state index >= 15 is 0 Å². The van der Waals surface area contributed by atoms with Crippen LogP contribution in [0.4, 0.5) is 0 Å². The number of carbonyl (C=O) groups is 1. The molecule has 4 nitrogen and oxygen atoms in total. The van der Waals surface area contributed by atoms with Crippen molar-refractivity contribution in [1.29, 1.82) is 0 Å². The van der Waals surface area contributed by atoms with E-state index in [1.54, 1.807) is 24.3 Å². The Morgan fingerprint density at radius 3 is 2.71 bits per heavy atom. The number of halogens is 1. The van der Waals surface area contributed by atoms with Crippen molar-refractivity contribution in [3.8, 4) is 5.75 Å². The molecular formula is C19H22ClNO3. The molecule has 1 N–H and O–H groups in total. The number of nitrogens with zero attached hydrogens (tertiary/aromatic N) is 1. The highest BCUT2D eigenvalue weighted by molar-refractivity contribution is 6.30. The van der Waals surface area contributed by atoms with Gasteiger partial charge in [-0.25, -0.2) is 0 Å². The van der Waals surface area contributed by atoms with Crippen molar-refractivity contribution in [2.24, 2.45) is 0 Å². The Balaban J connectivity index is 1.81. The molecule has 24 heavy (non-hydrogen) atoms. The van der Waals surface area contributed by atoms with Crippen LogP contribution in [-0.4, -0.2) is 42.1 Å². The SMILES string of the molecule is CC(=O)c1cccc(OCC(O)CN(C)Cc2cccc(Cl)c2)c1. The Labute approximate surface area is 147 Å². The number of carbonyl (C=O) groups excluding carboxylic acids is 1. The summed E-state index contributed by atoms with van der Waals surface area (Å²) < 4.78 is 5.58. The Hall–Kier alpha value is -1.88. The topological polar surface area (TPSA) is 49.8 Å². The van der Waals surface area contributed by atoms with Crippen LogP contribution >= 0.6 is 11.6 Å². The molecule has 0 amide bonds. The monoisotopic (exact) mass is 347 g/mol. The van der Waals surface area contributed by atoms with Gasteiger partial charge in [0.2, 0.25) is 0 Å². The largest absolute Gasteiger partial charge is 0.491 e. The predicted molar refractivity (Wildman–Crippen MR) is 95.7 cm³/mol. The van der Waals surface area contributed by atoms with Gasteiger partial charge in [-0.3, -0.25) is 9.69 Å². The zero-order valence-corrected chi connectivity index (χ0v) is 14.7. The average Bonchev–Trinajstić information content (AvgIpc) is 2.53. The summed E-state index contributed by atoms with van der Waals surface area (Å²) in [5.41, 5.74) is 1.69. The third-order valence-corrected chi connectivity index (χ3v) is 3.78. The maximum Gasteiger partial charge on any atom is 0.159 e. The second-order valence-corrected chi connectivity index (χ2v) is 6.31. The average molecular weight is 348 g/mol. The van der Waals surface area contributed by atoms with Crippen LogP contribution in [-0.2, 0) is 6.54 Å². The summed E-state index contributed by atoms with van der Waals surface area (Å²) >= 11 is 5.97. The van der Waals surface area contributed by atoms with E-state index in [4.69, 9.17) is 16.3 Å². The van der Waals surface area contributed by atoms with E-state index in [0.29, 0.717) is 29.4 Å². The number of Topliss-reactive ketones (excluding diaryl/α,β-unsaturated/α-hetero) is 1. The summed E-state index contributed by atoms with van der Waals surface area (Å²) in [4.78, 5) is 13.4. The summed E-state index contributed by atoms with van der Waals surface area (Å²) in [6, 6.07) is 14.6. The lowest BCUT2D eigenvalue weighted by Crippen LogP contribution is -2.32. The quantitative estimate of drug-likeness (QED) is 0.743. The normalized spacial score (nSPS) is 12.2. The first-order valence-electron chi connectivity index (χ1n) is 7.79. The minimum absolute atomic E-state index is 0.0118. The highest BCUT2D eigenvalue weighted by Crippen LogP contribution is 2.15. The molecule has 0 aliphatic rings. The number of benzene rings is 2. The molecule has 5 heteroatoms. The van der Waals surface area contributed by atoms with Crippen molar-refractivity contribution in [2.75, 3.05) is 20.2 Å². The van der Waals surface area contributed by atoms with Crippen molar-refractivity contribution in [2.45, 2.75) is 19.6 Å². The number of ether oxygens (including phenoxy) is 1. The molecule has 0 aliphatic heterocycles. The Kier molecular flexibility index (Phi) is 6.79. The van der Waals surface area contributed by atoms with E-state index in [-0.39, 0.29) is 12.4 Å². The van der Waals surface area contributed by atoms with Gasteiger partial charge in [-0.1, -0.05) is 35.9 Å². The molecule has 0 radical (unpaired) electrons. The summed E-state index contributed by atoms with van der Waals surface area (Å²) in [5, 5.41) is 10.8. The highest BCUT2D eigenvalue weighted by atomic mass is 35.5. The number of hydrogen-bond donors (Lipinski definition) is 1. The van der Waals surface area contributed by atoms with Crippen LogP contribution in [0.15, 0.2) is 48.5 Å². The third-order valence-electron chi connectivity index (χ3n) is 3.55. The van der Waals surface area contributed by atoms with Gasteiger partial charge in [0.25, 0.3) is 0 Å². The molecule has 0 bridgehead atoms. The molecular weight excluding hydrogens is 326 g/mol. The van der Waals surface area contributed by atoms with Crippen LogP contribution in [0.3, 0.4) is 0 Å². The van der Waals surface area contributed by atoms with Gasteiger partial charge in [0.05, 0.1) is 0 Å². The maximum atomic E-state index is 11.4. The van der Waals surface area contributed by atoms with E-state index in [9.17, 15) is 9.90 Å². The van der Waals surface area contributed by atoms with Gasteiger partial charge >= 0.3 is 0 Å². The third kappa shape index (κ3) is 5.96. The summed E-state index contributed by atoms with van der Waals surface area (Å²) in [6.07, 6.45) is -0.629. The van der Waals surface area contributed by atoms with E-state index in [2.05, 4.69) is 0 Å². The first kappa shape index (κ1) is 18.5. The molecule has 128 valence electrons. The second-order valence-electron chi connectivity index (χ2n) is 5.88. The molecule has 2 aromatic rings. The minimum Gasteiger partial charge on any atom is -0.491 e. The van der Waals surface area contributed by atoms with Crippen LogP contribution in [0.1, 0.15) is 22.8 Å². The first-order chi connectivity index (χ1) is 11.4. The fourth-order valence-electron chi connectivity index (χ4n) is 2.42. The summed E-state index contributed by atoms with van der Waals surface area (Å²) in [7, 11) is 1.93. The van der Waals surface area contributed by atoms with Crippen LogP contribution in [0, 0.1) is 0 Å². The molecule has 0 aliphatic carbocycles. The first-order valence-corrected chi connectivity index (χ1v) is 8.16. The van der Waals surface area contributed by atoms with Crippen molar-refractivity contribution in [3.05, 3.63) is 64.7 Å². The van der Waals surface area contributed by atoms with Gasteiger partial charge in [-0.2, -0.15) is 0 Å². The Morgan fingerprint density at radius 1 is 1.25 bits per heavy atom. The van der Waals surface area contributed by atoms with E-state index in [1.165, 1.54) is 6.92 Å². The lowest BCUT2D eigenvalue weighted by atomic mass is 10.1. The second kappa shape index (κ2) is 8.83. The van der Waals surface area contributed by atoms with Crippen LogP contribution in [0.25, 0.3) is 0 Å². The highest BCUT2D eigenvalue weighted by Gasteiger charge is 2.10. The summed E-state index contributed by atoms with van der Waals surface area (Å²) in [5.74, 6) is 0.571. The Morgan fingerprint density at radius 2 is 2.00 bits per heavy atom. The number of aliphatic hydroxyl groups is 1. The van der Waals surface area contributed by atoms with Gasteiger partial charge < -0.3 is 9.84 Å². The van der Waals surface area contributed by atoms with Crippen LogP contribution in [0.2, 0.25) is 5.02 Å². The Bertz CT molecular complexity index is 690. The number of aliphatic hydroxyl groups excluding tert-OH is 1. The number of rotatable bonds is 8. The smallest absolute Gasteiger partial charge is 0.159 e. The van der Waals surface area contributed by atoms with Gasteiger partial charge in [-0.15, -0.1) is 0 Å². The lowest BCUT2D eigenvalue weighted by molar-refractivity contribution is 0.0743. The molecule has 0 spiro atoms. The molecule has 0 saturated heterocycles. The van der Waals surface area contributed by atoms with Crippen molar-refractivity contribution >= 4 is 17.4 Å². The van der Waals surface area contributed by atoms with E-state index < -0.39 is 6.10 Å². The van der Waals surface area contributed by atoms with Gasteiger partial charge in [0.15, 0.2) is 5.78 Å². The van der Waals surface area contributed by atoms with Crippen molar-refractivity contribution < 1.29 is 14.6 Å². The van der Waals surface area contributed by atoms with Crippen LogP contribution < -0.4 is 4.74 Å². The maximum absolute atomic E-state index is 11.4. The van der Waals surface area contributed by atoms with Gasteiger partial charge in [0, 0.05) is 23.7 Å². The zero-order valence-electron chi connectivity index (χ0n) is 13.9. The molecule has 2 rings (SSSR count). The molecule has 0 saturated carbocycles. The van der Waals surface area contributed by atoms with E-state index in [0.717, 1.165) is 5.56 Å². The number of likely N-dealkylation sites (N-methyl/N-ethyl adjacent to an activating group) is 1. The molecule has 2 aromatic carbocycles. The van der Waals surface area contributed by atoms with Crippen LogP contribution in [0.5, 0.6) is 5.75 Å². The van der Waals surface area contributed by atoms with Gasteiger partial charge in [-0.05, 0) is 43.8 Å². The van der Waals surface area contributed by atoms with Crippen molar-refractivity contribution in [1.82, 2.24) is 4.90 Å². The molecule has 0 aromatic heterocycles.